The first kappa shape index (κ1) is 25.7. The highest BCUT2D eigenvalue weighted by Crippen LogP contribution is 2.30. The summed E-state index contributed by atoms with van der Waals surface area (Å²) in [4.78, 5) is 13.0. The van der Waals surface area contributed by atoms with E-state index < -0.39 is 6.10 Å². The number of ether oxygens (including phenoxy) is 2. The highest BCUT2D eigenvalue weighted by Gasteiger charge is 2.18. The standard InChI is InChI=1S/C22H32N4O3S.HI/c1-5-23-22(26(2)14-21-25-17-8-6-7-9-20(17)30-21)24-13-18(27)16-12-15(28-3)10-11-19(16)29-4;/h10-12,18,27H,5-9,13-14H2,1-4H3,(H,23,24);1H. The largest absolute Gasteiger partial charge is 0.497 e. The molecule has 172 valence electrons. The Morgan fingerprint density at radius 3 is 2.74 bits per heavy atom. The van der Waals surface area contributed by atoms with E-state index >= 15 is 0 Å². The van der Waals surface area contributed by atoms with Gasteiger partial charge in [-0.1, -0.05) is 0 Å². The van der Waals surface area contributed by atoms with Crippen LogP contribution in [-0.4, -0.2) is 55.3 Å². The van der Waals surface area contributed by atoms with Gasteiger partial charge in [-0.05, 0) is 50.8 Å². The van der Waals surface area contributed by atoms with E-state index in [0.29, 0.717) is 23.6 Å². The molecule has 0 fully saturated rings. The van der Waals surface area contributed by atoms with Crippen LogP contribution in [0.5, 0.6) is 11.5 Å². The minimum absolute atomic E-state index is 0. The van der Waals surface area contributed by atoms with Crippen molar-refractivity contribution in [2.45, 2.75) is 45.3 Å². The van der Waals surface area contributed by atoms with Crippen molar-refractivity contribution in [3.8, 4) is 11.5 Å². The van der Waals surface area contributed by atoms with Crippen molar-refractivity contribution >= 4 is 41.3 Å². The molecule has 31 heavy (non-hydrogen) atoms. The molecule has 7 nitrogen and oxygen atoms in total. The van der Waals surface area contributed by atoms with E-state index in [4.69, 9.17) is 14.5 Å². The lowest BCUT2D eigenvalue weighted by Gasteiger charge is -2.22. The molecule has 0 saturated heterocycles. The molecule has 0 bridgehead atoms. The number of methoxy groups -OCH3 is 2. The van der Waals surface area contributed by atoms with Crippen molar-refractivity contribution in [3.05, 3.63) is 39.3 Å². The van der Waals surface area contributed by atoms with E-state index in [2.05, 4.69) is 15.2 Å². The van der Waals surface area contributed by atoms with E-state index in [9.17, 15) is 5.11 Å². The summed E-state index contributed by atoms with van der Waals surface area (Å²) in [5.74, 6) is 2.03. The maximum Gasteiger partial charge on any atom is 0.194 e. The Hall–Kier alpha value is -1.59. The Labute approximate surface area is 205 Å². The van der Waals surface area contributed by atoms with Crippen LogP contribution in [0, 0.1) is 0 Å². The Bertz CT molecular complexity index is 851. The highest BCUT2D eigenvalue weighted by molar-refractivity contribution is 14.0. The number of benzene rings is 1. The molecule has 0 spiro atoms. The van der Waals surface area contributed by atoms with Crippen LogP contribution >= 0.6 is 35.3 Å². The van der Waals surface area contributed by atoms with Crippen LogP contribution in [0.1, 0.15) is 47.0 Å². The summed E-state index contributed by atoms with van der Waals surface area (Å²) < 4.78 is 10.7. The zero-order valence-corrected chi connectivity index (χ0v) is 21.8. The first-order chi connectivity index (χ1) is 14.5. The smallest absolute Gasteiger partial charge is 0.194 e. The predicted molar refractivity (Wildman–Crippen MR) is 136 cm³/mol. The summed E-state index contributed by atoms with van der Waals surface area (Å²) in [7, 11) is 5.19. The van der Waals surface area contributed by atoms with Gasteiger partial charge in [0.2, 0.25) is 0 Å². The van der Waals surface area contributed by atoms with Crippen LogP contribution in [0.4, 0.5) is 0 Å². The van der Waals surface area contributed by atoms with Gasteiger partial charge in [-0.3, -0.25) is 4.99 Å². The molecule has 1 atom stereocenters. The Kier molecular flexibility index (Phi) is 10.3. The second kappa shape index (κ2) is 12.4. The maximum atomic E-state index is 10.8. The third-order valence-corrected chi connectivity index (χ3v) is 6.31. The average molecular weight is 561 g/mol. The van der Waals surface area contributed by atoms with Gasteiger partial charge in [0.25, 0.3) is 0 Å². The number of aliphatic imine (C=N–C) groups is 1. The number of nitrogens with one attached hydrogen (secondary N) is 1. The number of nitrogens with zero attached hydrogens (tertiary/aromatic N) is 3. The summed E-state index contributed by atoms with van der Waals surface area (Å²) in [6.45, 7) is 3.69. The summed E-state index contributed by atoms with van der Waals surface area (Å²) in [5.41, 5.74) is 1.93. The molecule has 1 aliphatic rings. The first-order valence-corrected chi connectivity index (χ1v) is 11.2. The number of aromatic nitrogens is 1. The highest BCUT2D eigenvalue weighted by atomic mass is 127. The van der Waals surface area contributed by atoms with Crippen molar-refractivity contribution in [1.82, 2.24) is 15.2 Å². The minimum atomic E-state index is -0.802. The lowest BCUT2D eigenvalue weighted by atomic mass is 10.0. The molecular weight excluding hydrogens is 527 g/mol. The summed E-state index contributed by atoms with van der Waals surface area (Å²) >= 11 is 1.81. The van der Waals surface area contributed by atoms with Crippen LogP contribution < -0.4 is 14.8 Å². The molecule has 1 aromatic carbocycles. The number of aliphatic hydroxyl groups is 1. The number of hydrogen-bond donors (Lipinski definition) is 2. The van der Waals surface area contributed by atoms with Gasteiger partial charge in [0.1, 0.15) is 22.6 Å². The molecular formula is C22H33IN4O3S. The summed E-state index contributed by atoms with van der Waals surface area (Å²) in [5, 5.41) is 15.2. The van der Waals surface area contributed by atoms with E-state index in [1.807, 2.05) is 31.4 Å². The molecule has 1 aliphatic carbocycles. The molecule has 0 saturated carbocycles. The normalized spacial score (nSPS) is 14.3. The van der Waals surface area contributed by atoms with Gasteiger partial charge in [-0.15, -0.1) is 35.3 Å². The molecule has 1 heterocycles. The van der Waals surface area contributed by atoms with Crippen LogP contribution in [-0.2, 0) is 19.4 Å². The number of rotatable bonds is 8. The van der Waals surface area contributed by atoms with Gasteiger partial charge < -0.3 is 24.8 Å². The second-order valence-corrected chi connectivity index (χ2v) is 8.53. The molecule has 2 aromatic rings. The minimum Gasteiger partial charge on any atom is -0.497 e. The van der Waals surface area contributed by atoms with Crippen molar-refractivity contribution in [3.63, 3.8) is 0 Å². The van der Waals surface area contributed by atoms with Gasteiger partial charge in [-0.25, -0.2) is 4.98 Å². The lowest BCUT2D eigenvalue weighted by molar-refractivity contribution is 0.181. The van der Waals surface area contributed by atoms with Crippen molar-refractivity contribution in [2.75, 3.05) is 34.4 Å². The fourth-order valence-corrected chi connectivity index (χ4v) is 4.80. The van der Waals surface area contributed by atoms with E-state index in [1.165, 1.54) is 23.4 Å². The first-order valence-electron chi connectivity index (χ1n) is 10.4. The zero-order valence-electron chi connectivity index (χ0n) is 18.7. The number of thiazole rings is 1. The maximum absolute atomic E-state index is 10.8. The lowest BCUT2D eigenvalue weighted by Crippen LogP contribution is -2.38. The van der Waals surface area contributed by atoms with Crippen LogP contribution in [0.15, 0.2) is 23.2 Å². The van der Waals surface area contributed by atoms with Gasteiger partial charge in [0.05, 0.1) is 33.0 Å². The molecule has 0 aliphatic heterocycles. The average Bonchev–Trinajstić information content (AvgIpc) is 3.18. The fraction of sp³-hybridized carbons (Fsp3) is 0.545. The van der Waals surface area contributed by atoms with Gasteiger partial charge >= 0.3 is 0 Å². The quantitative estimate of drug-likeness (QED) is 0.291. The molecule has 1 unspecified atom stereocenters. The molecule has 0 amide bonds. The molecule has 9 heteroatoms. The van der Waals surface area contributed by atoms with E-state index in [-0.39, 0.29) is 30.5 Å². The predicted octanol–water partition coefficient (Wildman–Crippen LogP) is 3.79. The van der Waals surface area contributed by atoms with Gasteiger partial charge in [-0.2, -0.15) is 0 Å². The topological polar surface area (TPSA) is 79.2 Å². The number of halogens is 1. The Balaban J connectivity index is 0.00000341. The molecule has 1 aromatic heterocycles. The molecule has 3 rings (SSSR count). The van der Waals surface area contributed by atoms with Crippen LogP contribution in [0.3, 0.4) is 0 Å². The monoisotopic (exact) mass is 560 g/mol. The molecule has 2 N–H and O–H groups in total. The van der Waals surface area contributed by atoms with Crippen molar-refractivity contribution in [1.29, 1.82) is 0 Å². The van der Waals surface area contributed by atoms with Crippen LogP contribution in [0.2, 0.25) is 0 Å². The Morgan fingerprint density at radius 2 is 2.06 bits per heavy atom. The summed E-state index contributed by atoms with van der Waals surface area (Å²) in [6.07, 6.45) is 3.95. The zero-order chi connectivity index (χ0) is 21.5. The third-order valence-electron chi connectivity index (χ3n) is 5.17. The molecule has 0 radical (unpaired) electrons. The fourth-order valence-electron chi connectivity index (χ4n) is 3.59. The van der Waals surface area contributed by atoms with Crippen molar-refractivity contribution in [2.24, 2.45) is 4.99 Å². The van der Waals surface area contributed by atoms with E-state index in [1.54, 1.807) is 26.4 Å². The SMILES string of the molecule is CCNC(=NCC(O)c1cc(OC)ccc1OC)N(C)Cc1nc2c(s1)CCCC2.I. The summed E-state index contributed by atoms with van der Waals surface area (Å²) in [6, 6.07) is 5.39. The number of fused-ring (bicyclic) bond motifs is 1. The number of aliphatic hydroxyl groups excluding tert-OH is 1. The number of aryl methyl sites for hydroxylation is 2. The van der Waals surface area contributed by atoms with Crippen molar-refractivity contribution < 1.29 is 14.6 Å². The van der Waals surface area contributed by atoms with Gasteiger partial charge in [0.15, 0.2) is 5.96 Å². The third kappa shape index (κ3) is 6.69. The Morgan fingerprint density at radius 1 is 1.29 bits per heavy atom. The number of hydrogen-bond acceptors (Lipinski definition) is 6. The van der Waals surface area contributed by atoms with Gasteiger partial charge in [0, 0.05) is 24.0 Å². The van der Waals surface area contributed by atoms with E-state index in [0.717, 1.165) is 30.4 Å². The second-order valence-electron chi connectivity index (χ2n) is 7.36. The number of guanidine groups is 1. The van der Waals surface area contributed by atoms with Crippen LogP contribution in [0.25, 0.3) is 0 Å².